The van der Waals surface area contributed by atoms with Crippen molar-refractivity contribution in [1.29, 1.82) is 0 Å². The summed E-state index contributed by atoms with van der Waals surface area (Å²) in [6, 6.07) is 7.96. The molecule has 0 spiro atoms. The Bertz CT molecular complexity index is 290. The van der Waals surface area contributed by atoms with Crippen molar-refractivity contribution in [3.8, 4) is 5.75 Å². The highest BCUT2D eigenvalue weighted by Crippen LogP contribution is 2.15. The molecule has 1 aromatic carbocycles. The topological polar surface area (TPSA) is 26.3 Å². The van der Waals surface area contributed by atoms with Crippen molar-refractivity contribution >= 4 is 6.29 Å². The van der Waals surface area contributed by atoms with Crippen LogP contribution in [0, 0.1) is 5.92 Å². The third-order valence-electron chi connectivity index (χ3n) is 2.45. The van der Waals surface area contributed by atoms with Gasteiger partial charge in [0.05, 0.1) is 6.61 Å². The molecule has 0 fully saturated rings. The average molecular weight is 206 g/mol. The molecule has 1 rings (SSSR count). The van der Waals surface area contributed by atoms with Gasteiger partial charge in [0.15, 0.2) is 0 Å². The van der Waals surface area contributed by atoms with Crippen molar-refractivity contribution in [2.24, 2.45) is 5.92 Å². The second-order valence-corrected chi connectivity index (χ2v) is 3.59. The Morgan fingerprint density at radius 2 is 1.93 bits per heavy atom. The number of hydrogen-bond donors (Lipinski definition) is 0. The van der Waals surface area contributed by atoms with Crippen molar-refractivity contribution < 1.29 is 9.53 Å². The minimum Gasteiger partial charge on any atom is -0.494 e. The van der Waals surface area contributed by atoms with Crippen LogP contribution in [0.3, 0.4) is 0 Å². The van der Waals surface area contributed by atoms with Gasteiger partial charge in [0.2, 0.25) is 0 Å². The summed E-state index contributed by atoms with van der Waals surface area (Å²) >= 11 is 0. The Balaban J connectivity index is 2.59. The first-order valence-corrected chi connectivity index (χ1v) is 5.47. The monoisotopic (exact) mass is 206 g/mol. The molecule has 0 aromatic heterocycles. The predicted molar refractivity (Wildman–Crippen MR) is 61.2 cm³/mol. The van der Waals surface area contributed by atoms with Crippen LogP contribution in [0.4, 0.5) is 0 Å². The van der Waals surface area contributed by atoms with Crippen LogP contribution in [0.25, 0.3) is 0 Å². The second-order valence-electron chi connectivity index (χ2n) is 3.59. The van der Waals surface area contributed by atoms with Crippen molar-refractivity contribution in [2.45, 2.75) is 26.7 Å². The van der Waals surface area contributed by atoms with Gasteiger partial charge in [-0.3, -0.25) is 0 Å². The summed E-state index contributed by atoms with van der Waals surface area (Å²) in [5, 5.41) is 0. The first-order valence-electron chi connectivity index (χ1n) is 5.47. The third-order valence-corrected chi connectivity index (χ3v) is 2.45. The van der Waals surface area contributed by atoms with Crippen molar-refractivity contribution in [3.63, 3.8) is 0 Å². The van der Waals surface area contributed by atoms with Crippen LogP contribution in [-0.2, 0) is 11.2 Å². The lowest BCUT2D eigenvalue weighted by atomic mass is 9.98. The number of hydrogen-bond acceptors (Lipinski definition) is 2. The fourth-order valence-electron chi connectivity index (χ4n) is 1.48. The van der Waals surface area contributed by atoms with Gasteiger partial charge in [0, 0.05) is 5.92 Å². The summed E-state index contributed by atoms with van der Waals surface area (Å²) in [5.41, 5.74) is 1.19. The maximum Gasteiger partial charge on any atom is 0.123 e. The number of carbonyl (C=O) groups excluding carboxylic acids is 1. The lowest BCUT2D eigenvalue weighted by molar-refractivity contribution is -0.111. The number of aldehydes is 1. The van der Waals surface area contributed by atoms with Crippen LogP contribution in [0.5, 0.6) is 5.75 Å². The molecule has 0 saturated heterocycles. The van der Waals surface area contributed by atoms with Gasteiger partial charge in [-0.05, 0) is 37.5 Å². The summed E-state index contributed by atoms with van der Waals surface area (Å²) in [4.78, 5) is 10.7. The molecule has 0 N–H and O–H groups in total. The van der Waals surface area contributed by atoms with Crippen LogP contribution in [0.15, 0.2) is 24.3 Å². The Hall–Kier alpha value is -1.31. The van der Waals surface area contributed by atoms with Crippen LogP contribution in [0.2, 0.25) is 0 Å². The maximum absolute atomic E-state index is 10.7. The maximum atomic E-state index is 10.7. The van der Waals surface area contributed by atoms with Gasteiger partial charge in [0.25, 0.3) is 0 Å². The number of benzene rings is 1. The highest BCUT2D eigenvalue weighted by atomic mass is 16.5. The van der Waals surface area contributed by atoms with Gasteiger partial charge in [-0.2, -0.15) is 0 Å². The molecule has 1 atom stereocenters. The third kappa shape index (κ3) is 3.74. The van der Waals surface area contributed by atoms with E-state index in [1.54, 1.807) is 0 Å². The van der Waals surface area contributed by atoms with Crippen molar-refractivity contribution in [3.05, 3.63) is 29.8 Å². The molecule has 0 heterocycles. The van der Waals surface area contributed by atoms with Crippen LogP contribution >= 0.6 is 0 Å². The molecule has 82 valence electrons. The van der Waals surface area contributed by atoms with Crippen molar-refractivity contribution in [2.75, 3.05) is 6.61 Å². The van der Waals surface area contributed by atoms with Gasteiger partial charge >= 0.3 is 0 Å². The largest absolute Gasteiger partial charge is 0.494 e. The SMILES string of the molecule is CCOc1ccc(CC(C=O)CC)cc1. The zero-order chi connectivity index (χ0) is 11.1. The van der Waals surface area contributed by atoms with Crippen LogP contribution < -0.4 is 4.74 Å². The smallest absolute Gasteiger partial charge is 0.123 e. The Labute approximate surface area is 91.3 Å². The Morgan fingerprint density at radius 3 is 2.40 bits per heavy atom. The molecule has 2 heteroatoms. The normalized spacial score (nSPS) is 12.1. The zero-order valence-corrected chi connectivity index (χ0v) is 9.40. The molecular formula is C13H18O2. The zero-order valence-electron chi connectivity index (χ0n) is 9.40. The summed E-state index contributed by atoms with van der Waals surface area (Å²) in [7, 11) is 0. The molecule has 15 heavy (non-hydrogen) atoms. The van der Waals surface area contributed by atoms with Crippen molar-refractivity contribution in [1.82, 2.24) is 0 Å². The van der Waals surface area contributed by atoms with Crippen LogP contribution in [-0.4, -0.2) is 12.9 Å². The van der Waals surface area contributed by atoms with E-state index in [-0.39, 0.29) is 5.92 Å². The quantitative estimate of drug-likeness (QED) is 0.669. The molecule has 0 saturated carbocycles. The molecule has 0 aliphatic heterocycles. The fourth-order valence-corrected chi connectivity index (χ4v) is 1.48. The van der Waals surface area contributed by atoms with E-state index < -0.39 is 0 Å². The highest BCUT2D eigenvalue weighted by molar-refractivity contribution is 5.54. The Kier molecular flexibility index (Phi) is 4.88. The van der Waals surface area contributed by atoms with E-state index in [1.807, 2.05) is 38.1 Å². The first-order chi connectivity index (χ1) is 7.30. The van der Waals surface area contributed by atoms with E-state index in [2.05, 4.69) is 0 Å². The molecule has 1 aromatic rings. The highest BCUT2D eigenvalue weighted by Gasteiger charge is 2.05. The Morgan fingerprint density at radius 1 is 1.27 bits per heavy atom. The number of ether oxygens (including phenoxy) is 1. The van der Waals surface area contributed by atoms with E-state index >= 15 is 0 Å². The summed E-state index contributed by atoms with van der Waals surface area (Å²) in [6.45, 7) is 4.69. The van der Waals surface area contributed by atoms with E-state index in [0.717, 1.165) is 24.9 Å². The van der Waals surface area contributed by atoms with E-state index in [1.165, 1.54) is 5.56 Å². The molecule has 0 bridgehead atoms. The molecule has 0 aliphatic rings. The molecule has 0 amide bonds. The number of rotatable bonds is 6. The molecule has 1 unspecified atom stereocenters. The van der Waals surface area contributed by atoms with Gasteiger partial charge in [-0.25, -0.2) is 0 Å². The van der Waals surface area contributed by atoms with E-state index in [0.29, 0.717) is 6.61 Å². The predicted octanol–water partition coefficient (Wildman–Crippen LogP) is 2.85. The molecule has 0 aliphatic carbocycles. The summed E-state index contributed by atoms with van der Waals surface area (Å²) in [5.74, 6) is 1.03. The minimum atomic E-state index is 0.142. The second kappa shape index (κ2) is 6.23. The average Bonchev–Trinajstić information content (AvgIpc) is 2.28. The van der Waals surface area contributed by atoms with Crippen LogP contribution in [0.1, 0.15) is 25.8 Å². The van der Waals surface area contributed by atoms with Gasteiger partial charge in [-0.15, -0.1) is 0 Å². The number of carbonyl (C=O) groups is 1. The molecule has 0 radical (unpaired) electrons. The van der Waals surface area contributed by atoms with E-state index in [9.17, 15) is 4.79 Å². The summed E-state index contributed by atoms with van der Waals surface area (Å²) < 4.78 is 5.35. The minimum absolute atomic E-state index is 0.142. The first kappa shape index (κ1) is 11.8. The molecule has 2 nitrogen and oxygen atoms in total. The standard InChI is InChI=1S/C13H18O2/c1-3-11(10-14)9-12-5-7-13(8-6-12)15-4-2/h5-8,10-11H,3-4,9H2,1-2H3. The van der Waals surface area contributed by atoms with Gasteiger partial charge < -0.3 is 9.53 Å². The molecular weight excluding hydrogens is 188 g/mol. The fraction of sp³-hybridized carbons (Fsp3) is 0.462. The lowest BCUT2D eigenvalue weighted by Gasteiger charge is -2.08. The van der Waals surface area contributed by atoms with Gasteiger partial charge in [0.1, 0.15) is 12.0 Å². The lowest BCUT2D eigenvalue weighted by Crippen LogP contribution is -2.04. The summed E-state index contributed by atoms with van der Waals surface area (Å²) in [6.07, 6.45) is 2.76. The van der Waals surface area contributed by atoms with Gasteiger partial charge in [-0.1, -0.05) is 19.1 Å². The van der Waals surface area contributed by atoms with E-state index in [4.69, 9.17) is 4.74 Å².